The van der Waals surface area contributed by atoms with Crippen LogP contribution < -0.4 is 10.2 Å². The summed E-state index contributed by atoms with van der Waals surface area (Å²) in [6.45, 7) is 11.2. The highest BCUT2D eigenvalue weighted by Gasteiger charge is 2.21. The molecule has 1 unspecified atom stereocenters. The number of hydrogen-bond acceptors (Lipinski definition) is 3. The number of hydrogen-bond donors (Lipinski definition) is 1. The van der Waals surface area contributed by atoms with E-state index >= 15 is 0 Å². The summed E-state index contributed by atoms with van der Waals surface area (Å²) in [4.78, 5) is 2.22. The van der Waals surface area contributed by atoms with Crippen LogP contribution in [-0.4, -0.2) is 31.3 Å². The van der Waals surface area contributed by atoms with E-state index in [1.807, 2.05) is 6.07 Å². The molecule has 0 aliphatic carbocycles. The lowest BCUT2D eigenvalue weighted by Crippen LogP contribution is -2.42. The summed E-state index contributed by atoms with van der Waals surface area (Å²) in [6, 6.07) is 5.32. The molecule has 1 saturated heterocycles. The first-order valence-electron chi connectivity index (χ1n) is 7.26. The van der Waals surface area contributed by atoms with Crippen LogP contribution in [0.5, 0.6) is 0 Å². The van der Waals surface area contributed by atoms with Gasteiger partial charge < -0.3 is 15.0 Å². The van der Waals surface area contributed by atoms with Crippen LogP contribution in [0.2, 0.25) is 0 Å². The van der Waals surface area contributed by atoms with Crippen LogP contribution in [0.25, 0.3) is 0 Å². The maximum atomic E-state index is 14.2. The molecule has 1 aliphatic rings. The van der Waals surface area contributed by atoms with Gasteiger partial charge in [-0.25, -0.2) is 4.39 Å². The summed E-state index contributed by atoms with van der Waals surface area (Å²) in [5.74, 6) is -0.140. The van der Waals surface area contributed by atoms with Crippen molar-refractivity contribution in [2.24, 2.45) is 0 Å². The Hall–Kier alpha value is -1.13. The number of anilines is 1. The van der Waals surface area contributed by atoms with Crippen molar-refractivity contribution in [3.63, 3.8) is 0 Å². The Bertz CT molecular complexity index is 456. The molecule has 112 valence electrons. The Labute approximate surface area is 121 Å². The lowest BCUT2D eigenvalue weighted by atomic mass is 10.1. The molecule has 1 aromatic rings. The zero-order valence-electron chi connectivity index (χ0n) is 12.9. The summed E-state index contributed by atoms with van der Waals surface area (Å²) in [7, 11) is 0. The first kappa shape index (κ1) is 15.3. The zero-order chi connectivity index (χ0) is 14.8. The highest BCUT2D eigenvalue weighted by Crippen LogP contribution is 2.25. The van der Waals surface area contributed by atoms with Crippen LogP contribution in [0.15, 0.2) is 18.2 Å². The van der Waals surface area contributed by atoms with Gasteiger partial charge in [0.15, 0.2) is 0 Å². The molecule has 1 N–H and O–H groups in total. The molecule has 2 rings (SSSR count). The van der Waals surface area contributed by atoms with Gasteiger partial charge in [0.1, 0.15) is 5.82 Å². The summed E-state index contributed by atoms with van der Waals surface area (Å²) >= 11 is 0. The molecule has 0 aromatic heterocycles. The molecular weight excluding hydrogens is 255 g/mol. The third kappa shape index (κ3) is 3.93. The fourth-order valence-corrected chi connectivity index (χ4v) is 2.41. The van der Waals surface area contributed by atoms with E-state index in [1.165, 1.54) is 6.07 Å². The van der Waals surface area contributed by atoms with E-state index in [0.717, 1.165) is 24.3 Å². The van der Waals surface area contributed by atoms with Gasteiger partial charge in [-0.1, -0.05) is 6.07 Å². The number of benzene rings is 1. The quantitative estimate of drug-likeness (QED) is 0.921. The van der Waals surface area contributed by atoms with Crippen molar-refractivity contribution in [1.82, 2.24) is 5.32 Å². The van der Waals surface area contributed by atoms with Crippen LogP contribution in [0.1, 0.15) is 33.3 Å². The summed E-state index contributed by atoms with van der Waals surface area (Å²) in [5, 5.41) is 3.37. The summed E-state index contributed by atoms with van der Waals surface area (Å²) in [5.41, 5.74) is 1.70. The Kier molecular flexibility index (Phi) is 4.66. The largest absolute Gasteiger partial charge is 0.375 e. The van der Waals surface area contributed by atoms with Crippen LogP contribution in [-0.2, 0) is 11.3 Å². The molecule has 0 spiro atoms. The number of nitrogens with zero attached hydrogens (tertiary/aromatic N) is 1. The molecular formula is C16H25FN2O. The number of halogens is 1. The van der Waals surface area contributed by atoms with Crippen LogP contribution >= 0.6 is 0 Å². The molecule has 0 saturated carbocycles. The van der Waals surface area contributed by atoms with Crippen LogP contribution in [0.3, 0.4) is 0 Å². The molecule has 0 radical (unpaired) electrons. The van der Waals surface area contributed by atoms with Gasteiger partial charge in [-0.15, -0.1) is 0 Å². The monoisotopic (exact) mass is 280 g/mol. The molecule has 3 nitrogen and oxygen atoms in total. The van der Waals surface area contributed by atoms with Gasteiger partial charge in [-0.05, 0) is 39.8 Å². The predicted octanol–water partition coefficient (Wildman–Crippen LogP) is 2.94. The van der Waals surface area contributed by atoms with E-state index in [4.69, 9.17) is 4.74 Å². The average molecular weight is 280 g/mol. The summed E-state index contributed by atoms with van der Waals surface area (Å²) in [6.07, 6.45) is 0.190. The molecule has 1 aromatic carbocycles. The predicted molar refractivity (Wildman–Crippen MR) is 80.6 cm³/mol. The van der Waals surface area contributed by atoms with Crippen LogP contribution in [0, 0.1) is 5.82 Å². The van der Waals surface area contributed by atoms with Gasteiger partial charge in [-0.2, -0.15) is 0 Å². The van der Waals surface area contributed by atoms with Crippen molar-refractivity contribution in [2.75, 3.05) is 24.6 Å². The Morgan fingerprint density at radius 1 is 1.40 bits per heavy atom. The van der Waals surface area contributed by atoms with Gasteiger partial charge in [0.25, 0.3) is 0 Å². The molecule has 1 aliphatic heterocycles. The van der Waals surface area contributed by atoms with Crippen molar-refractivity contribution in [3.05, 3.63) is 29.6 Å². The second-order valence-electron chi connectivity index (χ2n) is 6.47. The van der Waals surface area contributed by atoms with E-state index in [2.05, 4.69) is 37.9 Å². The maximum absolute atomic E-state index is 14.2. The maximum Gasteiger partial charge on any atom is 0.129 e. The molecule has 1 fully saturated rings. The Morgan fingerprint density at radius 3 is 2.80 bits per heavy atom. The first-order chi connectivity index (χ1) is 9.37. The highest BCUT2D eigenvalue weighted by atomic mass is 19.1. The fourth-order valence-electron chi connectivity index (χ4n) is 2.41. The number of rotatable bonds is 3. The first-order valence-corrected chi connectivity index (χ1v) is 7.26. The van der Waals surface area contributed by atoms with Gasteiger partial charge >= 0.3 is 0 Å². The Morgan fingerprint density at radius 2 is 2.15 bits per heavy atom. The van der Waals surface area contributed by atoms with E-state index in [9.17, 15) is 4.39 Å². The minimum Gasteiger partial charge on any atom is -0.375 e. The van der Waals surface area contributed by atoms with E-state index < -0.39 is 0 Å². The van der Waals surface area contributed by atoms with Crippen molar-refractivity contribution in [3.8, 4) is 0 Å². The third-order valence-corrected chi connectivity index (χ3v) is 3.47. The fraction of sp³-hybridized carbons (Fsp3) is 0.625. The van der Waals surface area contributed by atoms with Gasteiger partial charge in [0.2, 0.25) is 0 Å². The highest BCUT2D eigenvalue weighted by molar-refractivity contribution is 5.54. The lowest BCUT2D eigenvalue weighted by molar-refractivity contribution is 0.0531. The standard InChI is InChI=1S/C16H25FN2O/c1-12-11-19(8-9-20-12)15-7-5-6-14(17)13(15)10-18-16(2,3)4/h5-7,12,18H,8-11H2,1-4H3. The van der Waals surface area contributed by atoms with Gasteiger partial charge in [0, 0.05) is 36.4 Å². The zero-order valence-corrected chi connectivity index (χ0v) is 12.9. The minimum atomic E-state index is -0.140. The molecule has 0 amide bonds. The normalized spacial score (nSPS) is 20.2. The number of ether oxygens (including phenoxy) is 1. The van der Waals surface area contributed by atoms with Gasteiger partial charge in [-0.3, -0.25) is 0 Å². The Balaban J connectivity index is 2.21. The van der Waals surface area contributed by atoms with Gasteiger partial charge in [0.05, 0.1) is 12.7 Å². The van der Waals surface area contributed by atoms with Crippen molar-refractivity contribution < 1.29 is 9.13 Å². The topological polar surface area (TPSA) is 24.5 Å². The lowest BCUT2D eigenvalue weighted by Gasteiger charge is -2.34. The molecule has 1 atom stereocenters. The molecule has 4 heteroatoms. The van der Waals surface area contributed by atoms with E-state index in [-0.39, 0.29) is 17.5 Å². The molecule has 0 bridgehead atoms. The molecule has 20 heavy (non-hydrogen) atoms. The second kappa shape index (κ2) is 6.10. The summed E-state index contributed by atoms with van der Waals surface area (Å²) < 4.78 is 19.7. The third-order valence-electron chi connectivity index (χ3n) is 3.47. The van der Waals surface area contributed by atoms with Crippen molar-refractivity contribution in [1.29, 1.82) is 0 Å². The smallest absolute Gasteiger partial charge is 0.129 e. The average Bonchev–Trinajstić information content (AvgIpc) is 2.36. The SMILES string of the molecule is CC1CN(c2cccc(F)c2CNC(C)(C)C)CCO1. The molecule has 1 heterocycles. The second-order valence-corrected chi connectivity index (χ2v) is 6.47. The van der Waals surface area contributed by atoms with Crippen LogP contribution in [0.4, 0.5) is 10.1 Å². The van der Waals surface area contributed by atoms with E-state index in [1.54, 1.807) is 6.07 Å². The van der Waals surface area contributed by atoms with Crippen molar-refractivity contribution in [2.45, 2.75) is 45.9 Å². The van der Waals surface area contributed by atoms with Crippen molar-refractivity contribution >= 4 is 5.69 Å². The van der Waals surface area contributed by atoms with E-state index in [0.29, 0.717) is 13.2 Å². The number of morpholine rings is 1. The minimum absolute atomic E-state index is 0.0299. The number of nitrogens with one attached hydrogen (secondary N) is 1.